The van der Waals surface area contributed by atoms with Gasteiger partial charge in [-0.2, -0.15) is 5.26 Å². The fraction of sp³-hybridized carbons (Fsp3) is 0.174. The van der Waals surface area contributed by atoms with Gasteiger partial charge in [-0.15, -0.1) is 0 Å². The van der Waals surface area contributed by atoms with E-state index >= 15 is 0 Å². The molecule has 0 amide bonds. The van der Waals surface area contributed by atoms with E-state index < -0.39 is 0 Å². The second-order valence-corrected chi connectivity index (χ2v) is 6.91. The molecule has 2 heterocycles. The Bertz CT molecular complexity index is 1190. The lowest BCUT2D eigenvalue weighted by molar-refractivity contribution is 0.628. The molecule has 0 aliphatic carbocycles. The van der Waals surface area contributed by atoms with Gasteiger partial charge in [-0.05, 0) is 30.2 Å². The molecule has 4 rings (SSSR count). The standard InChI is InChI=1S/C23H20FN5/c1-16-11-19(24)12-20-22(16)28-14-18(13-25)23(20)27-8-7-21-26-9-10-29(21)15-17-5-3-2-4-6-17/h2-6,9-12,14H,7-8,15H2,1H3,(H,27,28). The smallest absolute Gasteiger partial charge is 0.124 e. The van der Waals surface area contributed by atoms with Gasteiger partial charge in [-0.25, -0.2) is 9.37 Å². The summed E-state index contributed by atoms with van der Waals surface area (Å²) in [5.74, 6) is 0.605. The molecule has 6 heteroatoms. The summed E-state index contributed by atoms with van der Waals surface area (Å²) >= 11 is 0. The fourth-order valence-electron chi connectivity index (χ4n) is 3.50. The molecule has 0 spiro atoms. The molecule has 5 nitrogen and oxygen atoms in total. The van der Waals surface area contributed by atoms with Crippen molar-refractivity contribution in [2.75, 3.05) is 11.9 Å². The Labute approximate surface area is 168 Å². The number of fused-ring (bicyclic) bond motifs is 1. The largest absolute Gasteiger partial charge is 0.383 e. The minimum atomic E-state index is -0.339. The second-order valence-electron chi connectivity index (χ2n) is 6.91. The normalized spacial score (nSPS) is 10.8. The predicted molar refractivity (Wildman–Crippen MR) is 111 cm³/mol. The van der Waals surface area contributed by atoms with Crippen molar-refractivity contribution >= 4 is 16.6 Å². The van der Waals surface area contributed by atoms with Gasteiger partial charge >= 0.3 is 0 Å². The molecule has 0 fully saturated rings. The van der Waals surface area contributed by atoms with Crippen LogP contribution in [0.15, 0.2) is 61.1 Å². The fourth-order valence-corrected chi connectivity index (χ4v) is 3.50. The van der Waals surface area contributed by atoms with Crippen LogP contribution in [0.2, 0.25) is 0 Å². The average molecular weight is 385 g/mol. The minimum Gasteiger partial charge on any atom is -0.383 e. The number of aryl methyl sites for hydroxylation is 1. The maximum absolute atomic E-state index is 14.0. The Balaban J connectivity index is 1.54. The van der Waals surface area contributed by atoms with E-state index in [1.165, 1.54) is 23.9 Å². The highest BCUT2D eigenvalue weighted by Gasteiger charge is 2.12. The molecule has 0 atom stereocenters. The third-order valence-electron chi connectivity index (χ3n) is 4.89. The highest BCUT2D eigenvalue weighted by Crippen LogP contribution is 2.28. The highest BCUT2D eigenvalue weighted by atomic mass is 19.1. The molecule has 0 unspecified atom stereocenters. The summed E-state index contributed by atoms with van der Waals surface area (Å²) in [7, 11) is 0. The Kier molecular flexibility index (Phi) is 5.21. The van der Waals surface area contributed by atoms with Gasteiger partial charge in [0.05, 0.1) is 16.8 Å². The van der Waals surface area contributed by atoms with Gasteiger partial charge in [-0.1, -0.05) is 30.3 Å². The van der Waals surface area contributed by atoms with E-state index in [0.717, 1.165) is 17.9 Å². The molecule has 2 aromatic heterocycles. The Morgan fingerprint density at radius 1 is 1.17 bits per heavy atom. The molecule has 0 aliphatic rings. The molecule has 4 aromatic rings. The molecule has 0 saturated carbocycles. The third kappa shape index (κ3) is 3.94. The summed E-state index contributed by atoms with van der Waals surface area (Å²) in [6.45, 7) is 3.13. The van der Waals surface area contributed by atoms with E-state index in [-0.39, 0.29) is 5.82 Å². The number of hydrogen-bond acceptors (Lipinski definition) is 4. The minimum absolute atomic E-state index is 0.339. The van der Waals surface area contributed by atoms with Gasteiger partial charge in [-0.3, -0.25) is 4.98 Å². The molecule has 29 heavy (non-hydrogen) atoms. The van der Waals surface area contributed by atoms with Gasteiger partial charge in [0.25, 0.3) is 0 Å². The van der Waals surface area contributed by atoms with E-state index in [0.29, 0.717) is 35.1 Å². The number of rotatable bonds is 6. The SMILES string of the molecule is Cc1cc(F)cc2c(NCCc3nccn3Cc3ccccc3)c(C#N)cnc12. The number of aromatic nitrogens is 3. The van der Waals surface area contributed by atoms with Crippen molar-refractivity contribution in [3.63, 3.8) is 0 Å². The van der Waals surface area contributed by atoms with Crippen LogP contribution in [0.25, 0.3) is 10.9 Å². The molecule has 144 valence electrons. The van der Waals surface area contributed by atoms with E-state index in [2.05, 4.69) is 38.1 Å². The molecular weight excluding hydrogens is 365 g/mol. The summed E-state index contributed by atoms with van der Waals surface area (Å²) in [6.07, 6.45) is 5.96. The van der Waals surface area contributed by atoms with Crippen LogP contribution in [0, 0.1) is 24.1 Å². The molecule has 0 aliphatic heterocycles. The van der Waals surface area contributed by atoms with Crippen molar-refractivity contribution in [3.8, 4) is 6.07 Å². The van der Waals surface area contributed by atoms with E-state index in [9.17, 15) is 9.65 Å². The van der Waals surface area contributed by atoms with Crippen molar-refractivity contribution in [2.24, 2.45) is 0 Å². The number of nitrogens with one attached hydrogen (secondary N) is 1. The van der Waals surface area contributed by atoms with Gasteiger partial charge < -0.3 is 9.88 Å². The van der Waals surface area contributed by atoms with Gasteiger partial charge in [0, 0.05) is 43.5 Å². The average Bonchev–Trinajstić information content (AvgIpc) is 3.15. The van der Waals surface area contributed by atoms with Crippen LogP contribution < -0.4 is 5.32 Å². The van der Waals surface area contributed by atoms with Crippen molar-refractivity contribution < 1.29 is 4.39 Å². The molecule has 0 bridgehead atoms. The summed E-state index contributed by atoms with van der Waals surface area (Å²) < 4.78 is 16.1. The van der Waals surface area contributed by atoms with Crippen LogP contribution in [-0.2, 0) is 13.0 Å². The Hall–Kier alpha value is -3.72. The summed E-state index contributed by atoms with van der Waals surface area (Å²) in [5.41, 5.74) is 3.65. The summed E-state index contributed by atoms with van der Waals surface area (Å²) in [4.78, 5) is 8.79. The quantitative estimate of drug-likeness (QED) is 0.532. The Morgan fingerprint density at radius 3 is 2.79 bits per heavy atom. The number of halogens is 1. The van der Waals surface area contributed by atoms with Crippen LogP contribution in [0.1, 0.15) is 22.5 Å². The Morgan fingerprint density at radius 2 is 2.00 bits per heavy atom. The number of hydrogen-bond donors (Lipinski definition) is 1. The zero-order chi connectivity index (χ0) is 20.2. The lowest BCUT2D eigenvalue weighted by Gasteiger charge is -2.13. The van der Waals surface area contributed by atoms with Crippen LogP contribution >= 0.6 is 0 Å². The zero-order valence-electron chi connectivity index (χ0n) is 16.1. The van der Waals surface area contributed by atoms with Crippen molar-refractivity contribution in [1.29, 1.82) is 5.26 Å². The first kappa shape index (κ1) is 18.6. The molecule has 1 N–H and O–H groups in total. The molecule has 2 aromatic carbocycles. The third-order valence-corrected chi connectivity index (χ3v) is 4.89. The number of pyridine rings is 1. The van der Waals surface area contributed by atoms with Crippen molar-refractivity contribution in [1.82, 2.24) is 14.5 Å². The monoisotopic (exact) mass is 385 g/mol. The first-order chi connectivity index (χ1) is 14.2. The first-order valence-electron chi connectivity index (χ1n) is 9.42. The number of anilines is 1. The number of nitriles is 1. The second kappa shape index (κ2) is 8.11. The topological polar surface area (TPSA) is 66.5 Å². The maximum atomic E-state index is 14.0. The molecular formula is C23H20FN5. The maximum Gasteiger partial charge on any atom is 0.124 e. The summed E-state index contributed by atoms with van der Waals surface area (Å²) in [6, 6.07) is 15.2. The summed E-state index contributed by atoms with van der Waals surface area (Å²) in [5, 5.41) is 13.4. The highest BCUT2D eigenvalue weighted by molar-refractivity contribution is 5.95. The number of imidazole rings is 1. The lowest BCUT2D eigenvalue weighted by Crippen LogP contribution is -2.12. The number of benzene rings is 2. The van der Waals surface area contributed by atoms with Gasteiger partial charge in [0.2, 0.25) is 0 Å². The number of nitrogens with zero attached hydrogens (tertiary/aromatic N) is 4. The van der Waals surface area contributed by atoms with Gasteiger partial charge in [0.15, 0.2) is 0 Å². The van der Waals surface area contributed by atoms with Crippen LogP contribution in [-0.4, -0.2) is 21.1 Å². The van der Waals surface area contributed by atoms with Crippen molar-refractivity contribution in [2.45, 2.75) is 19.9 Å². The van der Waals surface area contributed by atoms with E-state index in [1.54, 1.807) is 6.20 Å². The zero-order valence-corrected chi connectivity index (χ0v) is 16.1. The van der Waals surface area contributed by atoms with Crippen molar-refractivity contribution in [3.05, 3.63) is 89.4 Å². The lowest BCUT2D eigenvalue weighted by atomic mass is 10.1. The van der Waals surface area contributed by atoms with Crippen LogP contribution in [0.5, 0.6) is 0 Å². The molecule has 0 saturated heterocycles. The van der Waals surface area contributed by atoms with Gasteiger partial charge in [0.1, 0.15) is 17.7 Å². The van der Waals surface area contributed by atoms with E-state index in [4.69, 9.17) is 0 Å². The van der Waals surface area contributed by atoms with E-state index in [1.807, 2.05) is 31.3 Å². The van der Waals surface area contributed by atoms with Crippen LogP contribution in [0.3, 0.4) is 0 Å². The predicted octanol–water partition coefficient (Wildman–Crippen LogP) is 4.45. The first-order valence-corrected chi connectivity index (χ1v) is 9.42. The van der Waals surface area contributed by atoms with Crippen LogP contribution in [0.4, 0.5) is 10.1 Å². The molecule has 0 radical (unpaired) electrons.